The quantitative estimate of drug-likeness (QED) is 0.735. The van der Waals surface area contributed by atoms with Gasteiger partial charge in [0.15, 0.2) is 0 Å². The SMILES string of the molecule is CCCCC1CCC(C(O)c2cc(C)c(Cl)s2)CC1. The maximum atomic E-state index is 10.5. The highest BCUT2D eigenvalue weighted by Gasteiger charge is 2.28. The van der Waals surface area contributed by atoms with Crippen LogP contribution in [0, 0.1) is 18.8 Å². The largest absolute Gasteiger partial charge is 0.387 e. The fourth-order valence-electron chi connectivity index (χ4n) is 3.15. The molecule has 1 unspecified atom stereocenters. The van der Waals surface area contributed by atoms with Crippen molar-refractivity contribution in [1.29, 1.82) is 0 Å². The normalized spacial score (nSPS) is 25.5. The average Bonchev–Trinajstić information content (AvgIpc) is 2.76. The first-order chi connectivity index (χ1) is 9.11. The Morgan fingerprint density at radius 1 is 1.37 bits per heavy atom. The Kier molecular flexibility index (Phi) is 5.73. The summed E-state index contributed by atoms with van der Waals surface area (Å²) >= 11 is 7.65. The number of aliphatic hydroxyl groups excluding tert-OH is 1. The van der Waals surface area contributed by atoms with E-state index in [9.17, 15) is 5.11 Å². The van der Waals surface area contributed by atoms with Gasteiger partial charge in [0.1, 0.15) is 0 Å². The standard InChI is InChI=1S/C16H25ClOS/c1-3-4-5-12-6-8-13(9-7-12)15(18)14-10-11(2)16(17)19-14/h10,12-13,15,18H,3-9H2,1-2H3. The fourth-order valence-corrected chi connectivity index (χ4v) is 4.44. The Labute approximate surface area is 126 Å². The second-order valence-corrected chi connectivity index (χ2v) is 7.66. The van der Waals surface area contributed by atoms with Gasteiger partial charge in [0, 0.05) is 4.88 Å². The summed E-state index contributed by atoms with van der Waals surface area (Å²) in [6.07, 6.45) is 8.66. The smallest absolute Gasteiger partial charge is 0.0961 e. The molecule has 108 valence electrons. The highest BCUT2D eigenvalue weighted by molar-refractivity contribution is 7.16. The molecular weight excluding hydrogens is 276 g/mol. The molecule has 1 N–H and O–H groups in total. The molecule has 0 aromatic carbocycles. The van der Waals surface area contributed by atoms with Crippen LogP contribution in [0.5, 0.6) is 0 Å². The Hall–Kier alpha value is -0.0500. The molecule has 0 bridgehead atoms. The molecule has 1 aliphatic rings. The zero-order valence-corrected chi connectivity index (χ0v) is 13.6. The summed E-state index contributed by atoms with van der Waals surface area (Å²) in [7, 11) is 0. The van der Waals surface area contributed by atoms with Gasteiger partial charge in [-0.25, -0.2) is 0 Å². The Bertz CT molecular complexity index is 374. The van der Waals surface area contributed by atoms with Gasteiger partial charge in [0.25, 0.3) is 0 Å². The van der Waals surface area contributed by atoms with Crippen molar-refractivity contribution >= 4 is 22.9 Å². The third-order valence-corrected chi connectivity index (χ3v) is 6.10. The average molecular weight is 301 g/mol. The van der Waals surface area contributed by atoms with E-state index in [1.54, 1.807) is 11.3 Å². The zero-order chi connectivity index (χ0) is 13.8. The maximum absolute atomic E-state index is 10.5. The lowest BCUT2D eigenvalue weighted by Gasteiger charge is -2.31. The lowest BCUT2D eigenvalue weighted by Crippen LogP contribution is -2.20. The van der Waals surface area contributed by atoms with E-state index in [-0.39, 0.29) is 6.10 Å². The summed E-state index contributed by atoms with van der Waals surface area (Å²) in [5, 5.41) is 10.5. The molecule has 0 radical (unpaired) electrons. The van der Waals surface area contributed by atoms with Crippen molar-refractivity contribution in [3.8, 4) is 0 Å². The van der Waals surface area contributed by atoms with Crippen LogP contribution < -0.4 is 0 Å². The summed E-state index contributed by atoms with van der Waals surface area (Å²) in [5.41, 5.74) is 1.09. The molecule has 0 amide bonds. The van der Waals surface area contributed by atoms with E-state index in [0.29, 0.717) is 5.92 Å². The number of aliphatic hydroxyl groups is 1. The van der Waals surface area contributed by atoms with Crippen molar-refractivity contribution in [3.05, 3.63) is 20.8 Å². The lowest BCUT2D eigenvalue weighted by atomic mass is 9.77. The monoisotopic (exact) mass is 300 g/mol. The van der Waals surface area contributed by atoms with Crippen molar-refractivity contribution in [3.63, 3.8) is 0 Å². The number of rotatable bonds is 5. The number of unbranched alkanes of at least 4 members (excludes halogenated alkanes) is 1. The number of aryl methyl sites for hydroxylation is 1. The summed E-state index contributed by atoms with van der Waals surface area (Å²) in [6.45, 7) is 4.27. The number of halogens is 1. The van der Waals surface area contributed by atoms with Crippen molar-refractivity contribution in [2.45, 2.75) is 64.9 Å². The van der Waals surface area contributed by atoms with Crippen molar-refractivity contribution in [2.24, 2.45) is 11.8 Å². The Morgan fingerprint density at radius 2 is 2.05 bits per heavy atom. The lowest BCUT2D eigenvalue weighted by molar-refractivity contribution is 0.0747. The van der Waals surface area contributed by atoms with E-state index in [2.05, 4.69) is 13.0 Å². The van der Waals surface area contributed by atoms with Crippen LogP contribution in [0.1, 0.15) is 68.4 Å². The molecule has 0 spiro atoms. The Morgan fingerprint density at radius 3 is 2.58 bits per heavy atom. The van der Waals surface area contributed by atoms with Crippen LogP contribution in [0.3, 0.4) is 0 Å². The van der Waals surface area contributed by atoms with E-state index in [1.807, 2.05) is 6.92 Å². The van der Waals surface area contributed by atoms with Gasteiger partial charge < -0.3 is 5.11 Å². The van der Waals surface area contributed by atoms with E-state index >= 15 is 0 Å². The summed E-state index contributed by atoms with van der Waals surface area (Å²) < 4.78 is 0.825. The van der Waals surface area contributed by atoms with Crippen molar-refractivity contribution in [1.82, 2.24) is 0 Å². The molecule has 19 heavy (non-hydrogen) atoms. The van der Waals surface area contributed by atoms with Gasteiger partial charge in [0.05, 0.1) is 10.4 Å². The van der Waals surface area contributed by atoms with Crippen LogP contribution in [-0.4, -0.2) is 5.11 Å². The van der Waals surface area contributed by atoms with E-state index < -0.39 is 0 Å². The summed E-state index contributed by atoms with van der Waals surface area (Å²) in [6, 6.07) is 2.06. The predicted molar refractivity (Wildman–Crippen MR) is 84.0 cm³/mol. The minimum atomic E-state index is -0.302. The van der Waals surface area contributed by atoms with Gasteiger partial charge in [-0.1, -0.05) is 50.6 Å². The number of thiophene rings is 1. The van der Waals surface area contributed by atoms with Gasteiger partial charge in [-0.2, -0.15) is 0 Å². The summed E-state index contributed by atoms with van der Waals surface area (Å²) in [5.74, 6) is 1.34. The van der Waals surface area contributed by atoms with Crippen LogP contribution in [0.2, 0.25) is 4.34 Å². The van der Waals surface area contributed by atoms with Crippen LogP contribution >= 0.6 is 22.9 Å². The van der Waals surface area contributed by atoms with Gasteiger partial charge in [-0.15, -0.1) is 11.3 Å². The first-order valence-electron chi connectivity index (χ1n) is 7.55. The fraction of sp³-hybridized carbons (Fsp3) is 0.750. The maximum Gasteiger partial charge on any atom is 0.0961 e. The molecule has 1 saturated carbocycles. The molecule has 0 aliphatic heterocycles. The van der Waals surface area contributed by atoms with E-state index in [4.69, 9.17) is 11.6 Å². The van der Waals surface area contributed by atoms with Gasteiger partial charge in [0.2, 0.25) is 0 Å². The molecule has 1 nitrogen and oxygen atoms in total. The van der Waals surface area contributed by atoms with Crippen molar-refractivity contribution in [2.75, 3.05) is 0 Å². The molecule has 1 aromatic rings. The molecule has 3 heteroatoms. The van der Waals surface area contributed by atoms with Gasteiger partial charge in [-0.3, -0.25) is 0 Å². The van der Waals surface area contributed by atoms with Crippen molar-refractivity contribution < 1.29 is 5.11 Å². The molecule has 1 atom stereocenters. The third kappa shape index (κ3) is 3.96. The highest BCUT2D eigenvalue weighted by atomic mass is 35.5. The molecule has 1 heterocycles. The van der Waals surface area contributed by atoms with Gasteiger partial charge in [-0.05, 0) is 43.2 Å². The minimum Gasteiger partial charge on any atom is -0.387 e. The predicted octanol–water partition coefficient (Wildman–Crippen LogP) is 5.74. The number of hydrogen-bond donors (Lipinski definition) is 1. The first kappa shape index (κ1) is 15.3. The summed E-state index contributed by atoms with van der Waals surface area (Å²) in [4.78, 5) is 1.06. The Balaban J connectivity index is 1.87. The van der Waals surface area contributed by atoms with E-state index in [1.165, 1.54) is 44.9 Å². The van der Waals surface area contributed by atoms with Crippen LogP contribution in [-0.2, 0) is 0 Å². The highest BCUT2D eigenvalue weighted by Crippen LogP contribution is 2.41. The van der Waals surface area contributed by atoms with Crippen LogP contribution in [0.25, 0.3) is 0 Å². The second kappa shape index (κ2) is 7.10. The molecule has 1 aliphatic carbocycles. The third-order valence-electron chi connectivity index (χ3n) is 4.47. The van der Waals surface area contributed by atoms with E-state index in [0.717, 1.165) is 20.7 Å². The molecule has 2 rings (SSSR count). The zero-order valence-electron chi connectivity index (χ0n) is 12.0. The van der Waals surface area contributed by atoms with Crippen LogP contribution in [0.15, 0.2) is 6.07 Å². The molecular formula is C16H25ClOS. The number of hydrogen-bond acceptors (Lipinski definition) is 2. The molecule has 0 saturated heterocycles. The molecule has 1 fully saturated rings. The second-order valence-electron chi connectivity index (χ2n) is 5.97. The minimum absolute atomic E-state index is 0.302. The van der Waals surface area contributed by atoms with Gasteiger partial charge >= 0.3 is 0 Å². The first-order valence-corrected chi connectivity index (χ1v) is 8.75. The van der Waals surface area contributed by atoms with Crippen LogP contribution in [0.4, 0.5) is 0 Å². The topological polar surface area (TPSA) is 20.2 Å². The molecule has 1 aromatic heterocycles.